The second-order valence-electron chi connectivity index (χ2n) is 4.19. The van der Waals surface area contributed by atoms with Crippen molar-refractivity contribution in [2.75, 3.05) is 7.11 Å². The van der Waals surface area contributed by atoms with Crippen molar-refractivity contribution in [1.29, 1.82) is 0 Å². The van der Waals surface area contributed by atoms with E-state index in [4.69, 9.17) is 4.74 Å². The third kappa shape index (κ3) is 3.52. The van der Waals surface area contributed by atoms with Crippen LogP contribution in [-0.4, -0.2) is 17.9 Å². The molecular formula is C16H15NO2. The molecule has 0 aliphatic carbocycles. The summed E-state index contributed by atoms with van der Waals surface area (Å²) in [5, 5.41) is 0. The lowest BCUT2D eigenvalue weighted by atomic mass is 10.1. The Balaban J connectivity index is 2.09. The van der Waals surface area contributed by atoms with Gasteiger partial charge in [0, 0.05) is 11.8 Å². The van der Waals surface area contributed by atoms with Gasteiger partial charge in [0.1, 0.15) is 5.75 Å². The van der Waals surface area contributed by atoms with Crippen LogP contribution in [0, 0.1) is 6.92 Å². The second kappa shape index (κ2) is 5.96. The molecule has 0 saturated carbocycles. The van der Waals surface area contributed by atoms with E-state index in [9.17, 15) is 4.79 Å². The predicted octanol–water partition coefficient (Wildman–Crippen LogP) is 3.29. The smallest absolute Gasteiger partial charge is 0.185 e. The molecule has 2 aromatic rings. The monoisotopic (exact) mass is 253 g/mol. The van der Waals surface area contributed by atoms with Crippen molar-refractivity contribution in [2.45, 2.75) is 6.92 Å². The van der Waals surface area contributed by atoms with Gasteiger partial charge in [-0.05, 0) is 55.0 Å². The highest BCUT2D eigenvalue weighted by molar-refractivity contribution is 6.06. The number of carbonyl (C=O) groups excluding carboxylic acids is 1. The summed E-state index contributed by atoms with van der Waals surface area (Å²) in [6.07, 6.45) is 5.02. The van der Waals surface area contributed by atoms with Crippen LogP contribution in [0.3, 0.4) is 0 Å². The van der Waals surface area contributed by atoms with Crippen molar-refractivity contribution in [3.8, 4) is 5.75 Å². The molecule has 1 aromatic carbocycles. The summed E-state index contributed by atoms with van der Waals surface area (Å²) in [7, 11) is 1.60. The zero-order chi connectivity index (χ0) is 13.7. The van der Waals surface area contributed by atoms with E-state index in [0.29, 0.717) is 5.56 Å². The van der Waals surface area contributed by atoms with Gasteiger partial charge in [-0.3, -0.25) is 9.78 Å². The van der Waals surface area contributed by atoms with Gasteiger partial charge < -0.3 is 4.74 Å². The first-order valence-electron chi connectivity index (χ1n) is 5.98. The molecule has 0 aliphatic rings. The predicted molar refractivity (Wildman–Crippen MR) is 75.3 cm³/mol. The van der Waals surface area contributed by atoms with Crippen molar-refractivity contribution in [2.24, 2.45) is 0 Å². The van der Waals surface area contributed by atoms with E-state index in [2.05, 4.69) is 4.98 Å². The summed E-state index contributed by atoms with van der Waals surface area (Å²) in [5.74, 6) is 0.686. The summed E-state index contributed by atoms with van der Waals surface area (Å²) < 4.78 is 5.05. The number of ketones is 1. The topological polar surface area (TPSA) is 39.2 Å². The molecule has 0 N–H and O–H groups in total. The fourth-order valence-corrected chi connectivity index (χ4v) is 1.59. The van der Waals surface area contributed by atoms with Gasteiger partial charge >= 0.3 is 0 Å². The Bertz CT molecular complexity index is 583. The first-order chi connectivity index (χ1) is 9.19. The number of nitrogens with zero attached hydrogens (tertiary/aromatic N) is 1. The lowest BCUT2D eigenvalue weighted by molar-refractivity contribution is 0.104. The van der Waals surface area contributed by atoms with E-state index in [1.54, 1.807) is 43.6 Å². The molecular weight excluding hydrogens is 238 g/mol. The first kappa shape index (κ1) is 13.0. The van der Waals surface area contributed by atoms with Gasteiger partial charge in [0.15, 0.2) is 5.78 Å². The Morgan fingerprint density at radius 2 is 1.89 bits per heavy atom. The molecule has 96 valence electrons. The van der Waals surface area contributed by atoms with Gasteiger partial charge in [-0.2, -0.15) is 0 Å². The molecule has 0 unspecified atom stereocenters. The number of methoxy groups -OCH3 is 1. The Morgan fingerprint density at radius 1 is 1.16 bits per heavy atom. The van der Waals surface area contributed by atoms with Crippen LogP contribution >= 0.6 is 0 Å². The van der Waals surface area contributed by atoms with E-state index < -0.39 is 0 Å². The van der Waals surface area contributed by atoms with Gasteiger partial charge in [0.2, 0.25) is 0 Å². The first-order valence-corrected chi connectivity index (χ1v) is 5.98. The molecule has 2 rings (SSSR count). The van der Waals surface area contributed by atoms with Crippen molar-refractivity contribution >= 4 is 11.9 Å². The van der Waals surface area contributed by atoms with E-state index in [-0.39, 0.29) is 5.78 Å². The van der Waals surface area contributed by atoms with Crippen LogP contribution in [-0.2, 0) is 0 Å². The summed E-state index contributed by atoms with van der Waals surface area (Å²) in [4.78, 5) is 16.1. The highest BCUT2D eigenvalue weighted by Crippen LogP contribution is 2.12. The summed E-state index contributed by atoms with van der Waals surface area (Å²) in [5.41, 5.74) is 2.50. The van der Waals surface area contributed by atoms with E-state index in [1.807, 2.05) is 19.1 Å². The number of aryl methyl sites for hydroxylation is 1. The summed E-state index contributed by atoms with van der Waals surface area (Å²) in [6, 6.07) is 10.9. The molecule has 19 heavy (non-hydrogen) atoms. The molecule has 0 saturated heterocycles. The van der Waals surface area contributed by atoms with Crippen molar-refractivity contribution in [1.82, 2.24) is 4.98 Å². The van der Waals surface area contributed by atoms with Crippen molar-refractivity contribution in [3.05, 3.63) is 65.5 Å². The van der Waals surface area contributed by atoms with E-state index in [1.165, 1.54) is 6.08 Å². The fourth-order valence-electron chi connectivity index (χ4n) is 1.59. The molecule has 0 amide bonds. The second-order valence-corrected chi connectivity index (χ2v) is 4.19. The normalized spacial score (nSPS) is 10.6. The third-order valence-electron chi connectivity index (χ3n) is 2.71. The highest BCUT2D eigenvalue weighted by Gasteiger charge is 2.01. The zero-order valence-corrected chi connectivity index (χ0v) is 11.0. The minimum atomic E-state index is -0.0509. The molecule has 1 aromatic heterocycles. The zero-order valence-electron chi connectivity index (χ0n) is 11.0. The average molecular weight is 253 g/mol. The number of pyridine rings is 1. The molecule has 1 heterocycles. The maximum atomic E-state index is 11.9. The van der Waals surface area contributed by atoms with Gasteiger partial charge in [0.25, 0.3) is 0 Å². The van der Waals surface area contributed by atoms with E-state index in [0.717, 1.165) is 17.0 Å². The Hall–Kier alpha value is -2.42. The summed E-state index contributed by atoms with van der Waals surface area (Å²) in [6.45, 7) is 1.98. The van der Waals surface area contributed by atoms with Gasteiger partial charge in [-0.1, -0.05) is 6.07 Å². The van der Waals surface area contributed by atoms with Crippen LogP contribution in [0.5, 0.6) is 5.75 Å². The van der Waals surface area contributed by atoms with Crippen LogP contribution in [0.1, 0.15) is 21.6 Å². The van der Waals surface area contributed by atoms with Crippen molar-refractivity contribution in [3.63, 3.8) is 0 Å². The van der Waals surface area contributed by atoms with Crippen LogP contribution in [0.4, 0.5) is 0 Å². The molecule has 3 heteroatoms. The lowest BCUT2D eigenvalue weighted by Gasteiger charge is -2.00. The Kier molecular flexibility index (Phi) is 4.08. The molecule has 0 spiro atoms. The molecule has 0 atom stereocenters. The number of ether oxygens (including phenoxy) is 1. The molecule has 0 bridgehead atoms. The average Bonchev–Trinajstić information content (AvgIpc) is 2.46. The number of hydrogen-bond acceptors (Lipinski definition) is 3. The third-order valence-corrected chi connectivity index (χ3v) is 2.71. The van der Waals surface area contributed by atoms with Gasteiger partial charge in [-0.15, -0.1) is 0 Å². The van der Waals surface area contributed by atoms with Gasteiger partial charge in [-0.25, -0.2) is 0 Å². The molecule has 0 radical (unpaired) electrons. The van der Waals surface area contributed by atoms with Gasteiger partial charge in [0.05, 0.1) is 12.8 Å². The minimum absolute atomic E-state index is 0.0509. The van der Waals surface area contributed by atoms with Crippen LogP contribution in [0.25, 0.3) is 6.08 Å². The number of allylic oxidation sites excluding steroid dienone is 1. The van der Waals surface area contributed by atoms with E-state index >= 15 is 0 Å². The quantitative estimate of drug-likeness (QED) is 0.620. The van der Waals surface area contributed by atoms with Crippen LogP contribution in [0.15, 0.2) is 48.7 Å². The molecule has 0 aliphatic heterocycles. The largest absolute Gasteiger partial charge is 0.497 e. The standard InChI is InChI=1S/C16H15NO2/c1-12-3-6-14(17-11-12)7-10-16(18)13-4-8-15(19-2)9-5-13/h3-11H,1-2H3/b10-7+. The minimum Gasteiger partial charge on any atom is -0.497 e. The fraction of sp³-hybridized carbons (Fsp3) is 0.125. The van der Waals surface area contributed by atoms with Crippen molar-refractivity contribution < 1.29 is 9.53 Å². The number of rotatable bonds is 4. The van der Waals surface area contributed by atoms with Crippen LogP contribution in [0.2, 0.25) is 0 Å². The summed E-state index contributed by atoms with van der Waals surface area (Å²) >= 11 is 0. The molecule has 3 nitrogen and oxygen atoms in total. The Morgan fingerprint density at radius 3 is 2.47 bits per heavy atom. The number of carbonyl (C=O) groups is 1. The Labute approximate surface area is 112 Å². The van der Waals surface area contributed by atoms with Crippen LogP contribution < -0.4 is 4.74 Å². The number of benzene rings is 1. The number of aromatic nitrogens is 1. The maximum Gasteiger partial charge on any atom is 0.185 e. The number of hydrogen-bond donors (Lipinski definition) is 0. The highest BCUT2D eigenvalue weighted by atomic mass is 16.5. The lowest BCUT2D eigenvalue weighted by Crippen LogP contribution is -1.94. The maximum absolute atomic E-state index is 11.9. The molecule has 0 fully saturated rings. The SMILES string of the molecule is COc1ccc(C(=O)/C=C/c2ccc(C)cn2)cc1.